The number of alkyl halides is 1. The molecule has 1 aliphatic heterocycles. The fraction of sp³-hybridized carbons (Fsp3) is 0.455. The Morgan fingerprint density at radius 1 is 1.29 bits per heavy atom. The van der Waals surface area contributed by atoms with E-state index in [1.165, 1.54) is 0 Å². The standard InChI is InChI=1S/C11H14FN2O13P3S/c1-2-11(5-24-29(20,21)27-30(22,23)26-28(17,18)19)8(16)7(12)9(25-11)14-4-3-6(15)13-10(14)31/h1,3-4,7-9,16H,5H2,(H,20,21)(H,22,23)(H,13,15,31)(H2,17,18,19)/t7-,8?,9+,11+/m0/s1. The Bertz CT molecular complexity index is 1140. The van der Waals surface area contributed by atoms with Gasteiger partial charge in [0.15, 0.2) is 22.8 Å². The number of H-pyrrole nitrogens is 1. The zero-order chi connectivity index (χ0) is 23.8. The highest BCUT2D eigenvalue weighted by Gasteiger charge is 2.57. The van der Waals surface area contributed by atoms with Crippen molar-refractivity contribution in [3.05, 3.63) is 27.4 Å². The van der Waals surface area contributed by atoms with Crippen molar-refractivity contribution in [1.29, 1.82) is 0 Å². The van der Waals surface area contributed by atoms with Gasteiger partial charge in [-0.25, -0.2) is 18.1 Å². The Kier molecular flexibility index (Phi) is 7.64. The molecule has 0 bridgehead atoms. The van der Waals surface area contributed by atoms with E-state index in [4.69, 9.17) is 38.1 Å². The van der Waals surface area contributed by atoms with Gasteiger partial charge in [-0.2, -0.15) is 8.62 Å². The summed E-state index contributed by atoms with van der Waals surface area (Å²) in [5, 5.41) is 10.2. The van der Waals surface area contributed by atoms with Crippen molar-refractivity contribution in [3.63, 3.8) is 0 Å². The van der Waals surface area contributed by atoms with E-state index in [0.717, 1.165) is 16.8 Å². The van der Waals surface area contributed by atoms with Gasteiger partial charge in [0.1, 0.15) is 12.7 Å². The first-order chi connectivity index (χ1) is 14.0. The fourth-order valence-electron chi connectivity index (χ4n) is 2.36. The van der Waals surface area contributed by atoms with Gasteiger partial charge in [-0.3, -0.25) is 18.9 Å². The summed E-state index contributed by atoms with van der Waals surface area (Å²) >= 11 is 4.86. The van der Waals surface area contributed by atoms with Gasteiger partial charge in [-0.05, 0) is 12.2 Å². The second kappa shape index (κ2) is 9.05. The monoisotopic (exact) mass is 526 g/mol. The van der Waals surface area contributed by atoms with E-state index in [1.54, 1.807) is 0 Å². The van der Waals surface area contributed by atoms with Crippen LogP contribution in [0.1, 0.15) is 6.23 Å². The molecule has 1 fully saturated rings. The van der Waals surface area contributed by atoms with Gasteiger partial charge in [-0.15, -0.1) is 6.42 Å². The normalized spacial score (nSPS) is 30.3. The number of nitrogens with zero attached hydrogens (tertiary/aromatic N) is 1. The molecule has 31 heavy (non-hydrogen) atoms. The van der Waals surface area contributed by atoms with Crippen LogP contribution in [0, 0.1) is 17.1 Å². The second-order valence-corrected chi connectivity index (χ2v) is 10.6. The highest BCUT2D eigenvalue weighted by molar-refractivity contribution is 7.71. The number of aliphatic hydroxyl groups excluding tert-OH is 1. The van der Waals surface area contributed by atoms with E-state index in [-0.39, 0.29) is 4.77 Å². The summed E-state index contributed by atoms with van der Waals surface area (Å²) in [5.41, 5.74) is -3.08. The van der Waals surface area contributed by atoms with E-state index in [2.05, 4.69) is 18.1 Å². The van der Waals surface area contributed by atoms with Crippen molar-refractivity contribution in [2.45, 2.75) is 24.1 Å². The molecule has 0 spiro atoms. The van der Waals surface area contributed by atoms with Gasteiger partial charge in [0.05, 0.1) is 0 Å². The van der Waals surface area contributed by atoms with E-state index >= 15 is 0 Å². The van der Waals surface area contributed by atoms with Crippen LogP contribution >= 0.6 is 35.7 Å². The van der Waals surface area contributed by atoms with E-state index < -0.39 is 59.7 Å². The van der Waals surface area contributed by atoms with Crippen LogP contribution in [0.15, 0.2) is 17.1 Å². The minimum atomic E-state index is -5.81. The van der Waals surface area contributed by atoms with Gasteiger partial charge < -0.3 is 29.4 Å². The molecule has 3 unspecified atom stereocenters. The number of terminal acetylenes is 1. The molecule has 0 aliphatic carbocycles. The number of aliphatic hydroxyl groups is 1. The van der Waals surface area contributed by atoms with Crippen molar-refractivity contribution in [3.8, 4) is 12.3 Å². The highest BCUT2D eigenvalue weighted by Crippen LogP contribution is 2.66. The maximum atomic E-state index is 14.7. The predicted molar refractivity (Wildman–Crippen MR) is 98.3 cm³/mol. The molecule has 15 nitrogen and oxygen atoms in total. The number of aromatic amines is 1. The summed E-state index contributed by atoms with van der Waals surface area (Å²) in [6.45, 7) is -1.30. The molecule has 2 heterocycles. The Hall–Kier alpha value is -1.08. The molecule has 1 saturated heterocycles. The lowest BCUT2D eigenvalue weighted by atomic mass is 9.98. The predicted octanol–water partition coefficient (Wildman–Crippen LogP) is -0.151. The number of phosphoric ester groups is 1. The third-order valence-corrected chi connectivity index (χ3v) is 7.71. The average Bonchev–Trinajstić information content (AvgIpc) is 2.82. The maximum Gasteiger partial charge on any atom is 0.490 e. The Morgan fingerprint density at radius 3 is 2.42 bits per heavy atom. The highest BCUT2D eigenvalue weighted by atomic mass is 32.1. The Balaban J connectivity index is 2.22. The number of halogens is 1. The summed E-state index contributed by atoms with van der Waals surface area (Å²) in [5.74, 6) is 1.83. The van der Waals surface area contributed by atoms with Crippen LogP contribution in [0.3, 0.4) is 0 Å². The van der Waals surface area contributed by atoms with Crippen LogP contribution in [-0.4, -0.2) is 58.7 Å². The van der Waals surface area contributed by atoms with Crippen LogP contribution in [0.2, 0.25) is 0 Å². The lowest BCUT2D eigenvalue weighted by molar-refractivity contribution is -0.0901. The first kappa shape index (κ1) is 26.2. The van der Waals surface area contributed by atoms with Crippen molar-refractivity contribution in [1.82, 2.24) is 9.55 Å². The smallest absolute Gasteiger partial charge is 0.386 e. The molecule has 6 N–H and O–H groups in total. The van der Waals surface area contributed by atoms with E-state index in [9.17, 15) is 32.9 Å². The van der Waals surface area contributed by atoms with Crippen molar-refractivity contribution < 1.29 is 60.6 Å². The van der Waals surface area contributed by atoms with Crippen molar-refractivity contribution in [2.75, 3.05) is 6.61 Å². The molecular weight excluding hydrogens is 512 g/mol. The van der Waals surface area contributed by atoms with Crippen molar-refractivity contribution in [2.24, 2.45) is 0 Å². The molecule has 2 rings (SSSR count). The third-order valence-electron chi connectivity index (χ3n) is 3.61. The van der Waals surface area contributed by atoms with E-state index in [0.29, 0.717) is 0 Å². The lowest BCUT2D eigenvalue weighted by Crippen LogP contribution is -2.44. The van der Waals surface area contributed by atoms with Crippen LogP contribution in [-0.2, 0) is 31.6 Å². The number of hydrogen-bond donors (Lipinski definition) is 6. The molecule has 0 saturated carbocycles. The van der Waals surface area contributed by atoms with Crippen LogP contribution in [0.4, 0.5) is 4.39 Å². The summed E-state index contributed by atoms with van der Waals surface area (Å²) in [6, 6.07) is 0.959. The van der Waals surface area contributed by atoms with Gasteiger partial charge in [0.25, 0.3) is 5.56 Å². The quantitative estimate of drug-likeness (QED) is 0.147. The number of nitrogens with one attached hydrogen (secondary N) is 1. The largest absolute Gasteiger partial charge is 0.490 e. The molecule has 0 aromatic carbocycles. The lowest BCUT2D eigenvalue weighted by Gasteiger charge is -2.27. The van der Waals surface area contributed by atoms with Crippen LogP contribution < -0.4 is 5.56 Å². The molecule has 174 valence electrons. The summed E-state index contributed by atoms with van der Waals surface area (Å²) in [7, 11) is -17.0. The second-order valence-electron chi connectivity index (χ2n) is 5.81. The SMILES string of the molecule is C#C[C@]1(COP(=O)(O)OP(=O)(O)OP(=O)(O)O)O[C@@H](n2ccc(=O)[nH]c2=S)[C@@H](F)C1O. The summed E-state index contributed by atoms with van der Waals surface area (Å²) < 4.78 is 65.7. The topological polar surface area (TPSA) is 227 Å². The molecule has 0 radical (unpaired) electrons. The molecule has 0 amide bonds. The number of ether oxygens (including phenoxy) is 1. The average molecular weight is 526 g/mol. The minimum absolute atomic E-state index is 0.312. The molecule has 1 aromatic heterocycles. The fourth-order valence-corrected chi connectivity index (χ4v) is 5.68. The van der Waals surface area contributed by atoms with Gasteiger partial charge in [0, 0.05) is 12.3 Å². The summed E-state index contributed by atoms with van der Waals surface area (Å²) in [6.07, 6.45) is 0.0661. The molecule has 20 heteroatoms. The van der Waals surface area contributed by atoms with E-state index in [1.807, 2.05) is 5.92 Å². The summed E-state index contributed by atoms with van der Waals surface area (Å²) in [4.78, 5) is 49.0. The zero-order valence-electron chi connectivity index (χ0n) is 14.7. The van der Waals surface area contributed by atoms with Gasteiger partial charge in [-0.1, -0.05) is 5.92 Å². The minimum Gasteiger partial charge on any atom is -0.386 e. The first-order valence-corrected chi connectivity index (χ1v) is 12.5. The number of phosphoric acid groups is 3. The third kappa shape index (κ3) is 6.47. The molecular formula is C11H14FN2O13P3S. The zero-order valence-corrected chi connectivity index (χ0v) is 18.2. The van der Waals surface area contributed by atoms with Crippen LogP contribution in [0.5, 0.6) is 0 Å². The van der Waals surface area contributed by atoms with Crippen molar-refractivity contribution >= 4 is 35.7 Å². The maximum absolute atomic E-state index is 14.7. The van der Waals surface area contributed by atoms with Gasteiger partial charge >= 0.3 is 23.5 Å². The number of aromatic nitrogens is 2. The number of hydrogen-bond acceptors (Lipinski definition) is 10. The van der Waals surface area contributed by atoms with Crippen LogP contribution in [0.25, 0.3) is 0 Å². The first-order valence-electron chi connectivity index (χ1n) is 7.58. The molecule has 6 atom stereocenters. The number of rotatable bonds is 8. The molecule has 1 aromatic rings. The van der Waals surface area contributed by atoms with Gasteiger partial charge in [0.2, 0.25) is 0 Å². The molecule has 1 aliphatic rings. The Morgan fingerprint density at radius 2 is 1.90 bits per heavy atom. The Labute approximate surface area is 176 Å².